The van der Waals surface area contributed by atoms with E-state index < -0.39 is 6.17 Å². The number of carbonyl (C=O) groups is 1. The number of aromatic nitrogens is 4. The third-order valence-electron chi connectivity index (χ3n) is 5.86. The van der Waals surface area contributed by atoms with Crippen molar-refractivity contribution in [1.82, 2.24) is 24.8 Å². The predicted molar refractivity (Wildman–Crippen MR) is 123 cm³/mol. The Morgan fingerprint density at radius 2 is 2.03 bits per heavy atom. The molecule has 3 N–H and O–H groups in total. The van der Waals surface area contributed by atoms with Crippen molar-refractivity contribution in [2.24, 2.45) is 0 Å². The van der Waals surface area contributed by atoms with E-state index in [-0.39, 0.29) is 18.0 Å². The van der Waals surface area contributed by atoms with E-state index in [1.807, 2.05) is 30.9 Å². The van der Waals surface area contributed by atoms with Crippen LogP contribution in [0.15, 0.2) is 17.6 Å². The fraction of sp³-hybridized carbons (Fsp3) is 0.450. The molecule has 0 radical (unpaired) electrons. The van der Waals surface area contributed by atoms with Gasteiger partial charge in [0.1, 0.15) is 17.5 Å². The molecule has 0 bridgehead atoms. The normalized spacial score (nSPS) is 19.3. The average Bonchev–Trinajstić information content (AvgIpc) is 3.20. The summed E-state index contributed by atoms with van der Waals surface area (Å²) in [6.07, 6.45) is -0.789. The monoisotopic (exact) mass is 457 g/mol. The number of nitrogens with one attached hydrogen (secondary N) is 1. The molecular weight excluding hydrogens is 433 g/mol. The van der Waals surface area contributed by atoms with Crippen molar-refractivity contribution in [3.05, 3.63) is 23.3 Å². The molecule has 2 saturated heterocycles. The molecule has 0 aromatic carbocycles. The van der Waals surface area contributed by atoms with Gasteiger partial charge in [-0.3, -0.25) is 0 Å². The number of fused-ring (bicyclic) bond motifs is 1. The van der Waals surface area contributed by atoms with Crippen LogP contribution in [0.3, 0.4) is 0 Å². The highest BCUT2D eigenvalue weighted by Crippen LogP contribution is 2.29. The van der Waals surface area contributed by atoms with Crippen LogP contribution in [0.5, 0.6) is 0 Å². The van der Waals surface area contributed by atoms with Crippen molar-refractivity contribution in [2.45, 2.75) is 26.1 Å². The smallest absolute Gasteiger partial charge is 0.322 e. The van der Waals surface area contributed by atoms with Gasteiger partial charge in [-0.25, -0.2) is 24.1 Å². The van der Waals surface area contributed by atoms with Crippen LogP contribution in [-0.2, 0) is 0 Å². The van der Waals surface area contributed by atoms with Crippen LogP contribution in [0.4, 0.5) is 32.5 Å². The second-order valence-corrected chi connectivity index (χ2v) is 8.97. The van der Waals surface area contributed by atoms with Gasteiger partial charge in [0.25, 0.3) is 0 Å². The number of urea groups is 1. The van der Waals surface area contributed by atoms with Crippen LogP contribution in [0.25, 0.3) is 10.3 Å². The Kier molecular flexibility index (Phi) is 5.16. The van der Waals surface area contributed by atoms with Gasteiger partial charge in [-0.2, -0.15) is 4.98 Å². The highest BCUT2D eigenvalue weighted by molar-refractivity contribution is 7.16. The standard InChI is InChI=1S/C20H24FN9OS/c1-11-7-28(5-6-30(11)17-16-18(32-10-23-16)27-19(22)26-17)20(31)25-14-3-4-15(24-12(14)2)29-8-13(21)9-29/h3-4,10-11,13H,5-9H2,1-2H3,(H,25,31)(H2,22,26,27)/t11-/m0/s1. The molecule has 5 rings (SSSR count). The first-order valence-electron chi connectivity index (χ1n) is 10.4. The number of nitrogen functional groups attached to an aromatic ring is 1. The number of nitrogens with zero attached hydrogens (tertiary/aromatic N) is 7. The number of piperazine rings is 1. The first kappa shape index (κ1) is 20.6. The molecule has 3 aromatic heterocycles. The minimum Gasteiger partial charge on any atom is -0.368 e. The number of amides is 2. The zero-order chi connectivity index (χ0) is 22.4. The lowest BCUT2D eigenvalue weighted by Gasteiger charge is -2.40. The highest BCUT2D eigenvalue weighted by Gasteiger charge is 2.30. The zero-order valence-corrected chi connectivity index (χ0v) is 18.6. The number of pyridine rings is 1. The molecule has 1 atom stereocenters. The summed E-state index contributed by atoms with van der Waals surface area (Å²) in [4.78, 5) is 37.0. The second kappa shape index (κ2) is 8.01. The molecule has 0 unspecified atom stereocenters. The maximum absolute atomic E-state index is 13.1. The summed E-state index contributed by atoms with van der Waals surface area (Å²) in [6.45, 7) is 6.28. The van der Waals surface area contributed by atoms with Crippen molar-refractivity contribution in [1.29, 1.82) is 0 Å². The highest BCUT2D eigenvalue weighted by atomic mass is 32.1. The largest absolute Gasteiger partial charge is 0.368 e. The molecule has 32 heavy (non-hydrogen) atoms. The number of thiazole rings is 1. The van der Waals surface area contributed by atoms with Crippen molar-refractivity contribution in [3.8, 4) is 0 Å². The minimum absolute atomic E-state index is 0.0235. The van der Waals surface area contributed by atoms with E-state index in [0.29, 0.717) is 49.9 Å². The minimum atomic E-state index is -0.789. The maximum Gasteiger partial charge on any atom is 0.322 e. The van der Waals surface area contributed by atoms with Gasteiger partial charge in [0, 0.05) is 25.7 Å². The Balaban J connectivity index is 1.25. The summed E-state index contributed by atoms with van der Waals surface area (Å²) in [5, 5.41) is 2.96. The Labute approximate surface area is 188 Å². The predicted octanol–water partition coefficient (Wildman–Crippen LogP) is 2.27. The lowest BCUT2D eigenvalue weighted by Crippen LogP contribution is -2.55. The van der Waals surface area contributed by atoms with Crippen molar-refractivity contribution in [3.63, 3.8) is 0 Å². The quantitative estimate of drug-likeness (QED) is 0.615. The molecule has 2 aliphatic rings. The number of hydrogen-bond donors (Lipinski definition) is 2. The molecule has 12 heteroatoms. The number of alkyl halides is 1. The summed E-state index contributed by atoms with van der Waals surface area (Å²) in [7, 11) is 0. The number of nitrogens with two attached hydrogens (primary N) is 1. The van der Waals surface area contributed by atoms with Crippen LogP contribution in [-0.4, -0.2) is 75.8 Å². The molecule has 0 saturated carbocycles. The van der Waals surface area contributed by atoms with Gasteiger partial charge >= 0.3 is 6.03 Å². The second-order valence-electron chi connectivity index (χ2n) is 8.13. The number of anilines is 4. The summed E-state index contributed by atoms with van der Waals surface area (Å²) in [5.41, 5.74) is 9.71. The van der Waals surface area contributed by atoms with Gasteiger partial charge in [0.05, 0.1) is 30.0 Å². The topological polar surface area (TPSA) is 116 Å². The van der Waals surface area contributed by atoms with Crippen LogP contribution in [0, 0.1) is 6.92 Å². The fourth-order valence-corrected chi connectivity index (χ4v) is 4.74. The molecule has 2 fully saturated rings. The van der Waals surface area contributed by atoms with E-state index in [9.17, 15) is 9.18 Å². The van der Waals surface area contributed by atoms with Crippen LogP contribution in [0.1, 0.15) is 12.6 Å². The maximum atomic E-state index is 13.1. The molecule has 2 aliphatic heterocycles. The third-order valence-corrected chi connectivity index (χ3v) is 6.58. The van der Waals surface area contributed by atoms with E-state index in [2.05, 4.69) is 30.2 Å². The van der Waals surface area contributed by atoms with Crippen molar-refractivity contribution in [2.75, 3.05) is 53.6 Å². The first-order valence-corrected chi connectivity index (χ1v) is 11.3. The summed E-state index contributed by atoms with van der Waals surface area (Å²) in [6, 6.07) is 3.48. The van der Waals surface area contributed by atoms with E-state index in [1.54, 1.807) is 10.4 Å². The van der Waals surface area contributed by atoms with Gasteiger partial charge in [0.15, 0.2) is 10.6 Å². The van der Waals surface area contributed by atoms with Gasteiger partial charge in [-0.15, -0.1) is 11.3 Å². The van der Waals surface area contributed by atoms with E-state index in [4.69, 9.17) is 5.73 Å². The Hall–Kier alpha value is -3.28. The Morgan fingerprint density at radius 1 is 1.22 bits per heavy atom. The Bertz CT molecular complexity index is 1170. The third kappa shape index (κ3) is 3.74. The molecule has 3 aromatic rings. The van der Waals surface area contributed by atoms with Gasteiger partial charge < -0.3 is 25.8 Å². The number of hydrogen-bond acceptors (Lipinski definition) is 9. The van der Waals surface area contributed by atoms with E-state index >= 15 is 0 Å². The molecule has 5 heterocycles. The summed E-state index contributed by atoms with van der Waals surface area (Å²) >= 11 is 1.43. The van der Waals surface area contributed by atoms with E-state index in [1.165, 1.54) is 11.3 Å². The number of rotatable bonds is 3. The van der Waals surface area contributed by atoms with Crippen molar-refractivity contribution >= 4 is 51.0 Å². The summed E-state index contributed by atoms with van der Waals surface area (Å²) < 4.78 is 13.1. The number of halogens is 1. The molecule has 10 nitrogen and oxygen atoms in total. The van der Waals surface area contributed by atoms with Gasteiger partial charge in [-0.1, -0.05) is 0 Å². The average molecular weight is 458 g/mol. The molecule has 2 amide bonds. The van der Waals surface area contributed by atoms with Crippen molar-refractivity contribution < 1.29 is 9.18 Å². The number of carbonyl (C=O) groups excluding carboxylic acids is 1. The fourth-order valence-electron chi connectivity index (χ4n) is 4.08. The first-order chi connectivity index (χ1) is 15.4. The van der Waals surface area contributed by atoms with Gasteiger partial charge in [-0.05, 0) is 26.0 Å². The molecular formula is C20H24FN9OS. The van der Waals surface area contributed by atoms with E-state index in [0.717, 1.165) is 16.2 Å². The lowest BCUT2D eigenvalue weighted by atomic mass is 10.2. The van der Waals surface area contributed by atoms with Crippen LogP contribution >= 0.6 is 11.3 Å². The zero-order valence-electron chi connectivity index (χ0n) is 17.8. The lowest BCUT2D eigenvalue weighted by molar-refractivity contribution is 0.200. The van der Waals surface area contributed by atoms with Gasteiger partial charge in [0.2, 0.25) is 5.95 Å². The molecule has 0 spiro atoms. The molecule has 168 valence electrons. The van der Waals surface area contributed by atoms with Crippen LogP contribution < -0.4 is 20.9 Å². The van der Waals surface area contributed by atoms with Crippen LogP contribution in [0.2, 0.25) is 0 Å². The number of aryl methyl sites for hydroxylation is 1. The summed E-state index contributed by atoms with van der Waals surface area (Å²) in [5.74, 6) is 1.66. The molecule has 0 aliphatic carbocycles. The Morgan fingerprint density at radius 3 is 2.75 bits per heavy atom. The SMILES string of the molecule is Cc1nc(N2CC(F)C2)ccc1NC(=O)N1CCN(c2nc(N)nc3scnc23)[C@@H](C)C1.